The molecule has 1 saturated carbocycles. The molecule has 0 amide bonds. The molecule has 6 nitrogen and oxygen atoms in total. The number of halogens is 1. The van der Waals surface area contributed by atoms with Gasteiger partial charge in [0, 0.05) is 24.7 Å². The normalized spacial score (nSPS) is 15.7. The molecule has 0 saturated heterocycles. The monoisotopic (exact) mass is 397 g/mol. The summed E-state index contributed by atoms with van der Waals surface area (Å²) in [7, 11) is 1.72. The molecule has 1 fully saturated rings. The zero-order valence-corrected chi connectivity index (χ0v) is 16.5. The summed E-state index contributed by atoms with van der Waals surface area (Å²) in [6.45, 7) is 2.58. The molecular weight excluding hydrogens is 377 g/mol. The number of fused-ring (bicyclic) bond motifs is 3. The Kier molecular flexibility index (Phi) is 4.06. The Bertz CT molecular complexity index is 1240. The van der Waals surface area contributed by atoms with Crippen molar-refractivity contribution >= 4 is 27.3 Å². The molecule has 8 heteroatoms. The Hall–Kier alpha value is -2.58. The fourth-order valence-corrected chi connectivity index (χ4v) is 4.75. The summed E-state index contributed by atoms with van der Waals surface area (Å²) in [5.41, 5.74) is 1.46. The summed E-state index contributed by atoms with van der Waals surface area (Å²) < 4.78 is 18.6. The maximum absolute atomic E-state index is 14.4. The molecule has 1 aromatic carbocycles. The molecule has 1 unspecified atom stereocenters. The van der Waals surface area contributed by atoms with E-state index in [-0.39, 0.29) is 17.4 Å². The van der Waals surface area contributed by atoms with E-state index in [9.17, 15) is 9.18 Å². The first kappa shape index (κ1) is 17.5. The first-order valence-electron chi connectivity index (χ1n) is 9.36. The van der Waals surface area contributed by atoms with Crippen molar-refractivity contribution < 1.29 is 4.39 Å². The second-order valence-corrected chi connectivity index (χ2v) is 8.27. The Labute approximate surface area is 164 Å². The van der Waals surface area contributed by atoms with Gasteiger partial charge in [-0.2, -0.15) is 0 Å². The van der Waals surface area contributed by atoms with E-state index in [1.54, 1.807) is 13.1 Å². The molecule has 3 aromatic heterocycles. The summed E-state index contributed by atoms with van der Waals surface area (Å²) in [5.74, 6) is 1.11. The van der Waals surface area contributed by atoms with Crippen LogP contribution in [0.2, 0.25) is 0 Å². The number of rotatable bonds is 5. The lowest BCUT2D eigenvalue weighted by molar-refractivity contribution is 0.182. The van der Waals surface area contributed by atoms with E-state index in [4.69, 9.17) is 0 Å². The number of hydrogen-bond donors (Lipinski definition) is 0. The highest BCUT2D eigenvalue weighted by atomic mass is 32.1. The topological polar surface area (TPSA) is 55.4 Å². The summed E-state index contributed by atoms with van der Waals surface area (Å²) in [6.07, 6.45) is 2.20. The second-order valence-electron chi connectivity index (χ2n) is 7.35. The van der Waals surface area contributed by atoms with Crippen LogP contribution in [0.4, 0.5) is 4.39 Å². The van der Waals surface area contributed by atoms with Crippen LogP contribution >= 0.6 is 11.3 Å². The van der Waals surface area contributed by atoms with Crippen LogP contribution in [-0.2, 0) is 13.6 Å². The summed E-state index contributed by atoms with van der Waals surface area (Å²) >= 11 is 1.42. The van der Waals surface area contributed by atoms with E-state index in [1.807, 2.05) is 34.9 Å². The zero-order valence-electron chi connectivity index (χ0n) is 15.7. The van der Waals surface area contributed by atoms with Gasteiger partial charge in [-0.1, -0.05) is 18.2 Å². The van der Waals surface area contributed by atoms with Gasteiger partial charge in [0.1, 0.15) is 10.5 Å². The van der Waals surface area contributed by atoms with Gasteiger partial charge in [-0.05, 0) is 37.3 Å². The van der Waals surface area contributed by atoms with Gasteiger partial charge in [0.05, 0.1) is 12.1 Å². The van der Waals surface area contributed by atoms with E-state index in [1.165, 1.54) is 22.0 Å². The number of aromatic nitrogens is 4. The minimum atomic E-state index is -0.186. The zero-order chi connectivity index (χ0) is 19.4. The number of thiophene rings is 1. The maximum Gasteiger partial charge on any atom is 0.272 e. The van der Waals surface area contributed by atoms with E-state index >= 15 is 0 Å². The van der Waals surface area contributed by atoms with Crippen LogP contribution in [0.5, 0.6) is 0 Å². The number of hydrogen-bond acceptors (Lipinski definition) is 5. The van der Waals surface area contributed by atoms with Crippen LogP contribution in [0.15, 0.2) is 40.5 Å². The lowest BCUT2D eigenvalue weighted by Crippen LogP contribution is -2.30. The number of benzene rings is 1. The van der Waals surface area contributed by atoms with Crippen molar-refractivity contribution in [1.29, 1.82) is 0 Å². The largest absolute Gasteiger partial charge is 0.286 e. The average molecular weight is 397 g/mol. The molecule has 0 spiro atoms. The molecule has 1 aliphatic carbocycles. The van der Waals surface area contributed by atoms with Crippen molar-refractivity contribution in [1.82, 2.24) is 24.1 Å². The van der Waals surface area contributed by atoms with Crippen molar-refractivity contribution in [2.45, 2.75) is 38.4 Å². The first-order valence-corrected chi connectivity index (χ1v) is 10.2. The smallest absolute Gasteiger partial charge is 0.272 e. The van der Waals surface area contributed by atoms with Gasteiger partial charge in [-0.25, -0.2) is 4.39 Å². The fourth-order valence-electron chi connectivity index (χ4n) is 3.90. The van der Waals surface area contributed by atoms with Crippen molar-refractivity contribution in [3.8, 4) is 0 Å². The minimum absolute atomic E-state index is 0.0600. The molecule has 28 heavy (non-hydrogen) atoms. The molecule has 0 bridgehead atoms. The molecule has 1 atom stereocenters. The van der Waals surface area contributed by atoms with Crippen LogP contribution in [0.25, 0.3) is 16.0 Å². The summed E-state index contributed by atoms with van der Waals surface area (Å²) in [6, 6.07) is 9.21. The van der Waals surface area contributed by atoms with Crippen LogP contribution in [-0.4, -0.2) is 30.1 Å². The third-order valence-corrected chi connectivity index (χ3v) is 6.48. The molecule has 3 heterocycles. The highest BCUT2D eigenvalue weighted by Crippen LogP contribution is 2.36. The Morgan fingerprint density at radius 1 is 1.29 bits per heavy atom. The van der Waals surface area contributed by atoms with Crippen LogP contribution in [0.1, 0.15) is 37.2 Å². The van der Waals surface area contributed by atoms with Gasteiger partial charge in [0.2, 0.25) is 5.78 Å². The fraction of sp³-hybridized carbons (Fsp3) is 0.350. The Balaban J connectivity index is 1.60. The van der Waals surface area contributed by atoms with Crippen LogP contribution in [0.3, 0.4) is 0 Å². The maximum atomic E-state index is 14.4. The lowest BCUT2D eigenvalue weighted by Gasteiger charge is -2.29. The molecule has 5 rings (SSSR count). The van der Waals surface area contributed by atoms with Gasteiger partial charge in [-0.3, -0.25) is 18.7 Å². The number of nitrogens with zero attached hydrogens (tertiary/aromatic N) is 5. The minimum Gasteiger partial charge on any atom is -0.286 e. The molecular formula is C20H20FN5OS. The van der Waals surface area contributed by atoms with Crippen LogP contribution < -0.4 is 5.56 Å². The molecule has 4 aromatic rings. The molecule has 144 valence electrons. The van der Waals surface area contributed by atoms with E-state index in [2.05, 4.69) is 15.1 Å². The van der Waals surface area contributed by atoms with Gasteiger partial charge < -0.3 is 0 Å². The third kappa shape index (κ3) is 2.67. The SMILES string of the molecule is CC(c1ccccc1F)N(Cc1nnc2n(C)c(=O)c3sccc3n12)C1CC1. The standard InChI is InChI=1S/C20H20FN5OS/c1-12(14-5-3-4-6-15(14)21)25(13-7-8-13)11-17-22-23-20-24(2)19(27)18-16(26(17)20)9-10-28-18/h3-6,9-10,12-13H,7-8,11H2,1-2H3. The highest BCUT2D eigenvalue weighted by molar-refractivity contribution is 7.17. The van der Waals surface area contributed by atoms with Crippen molar-refractivity contribution in [2.75, 3.05) is 0 Å². The van der Waals surface area contributed by atoms with Gasteiger partial charge in [0.25, 0.3) is 5.56 Å². The van der Waals surface area contributed by atoms with Crippen LogP contribution in [0, 0.1) is 5.82 Å². The Morgan fingerprint density at radius 3 is 2.82 bits per heavy atom. The van der Waals surface area contributed by atoms with Crippen molar-refractivity contribution in [2.24, 2.45) is 7.05 Å². The van der Waals surface area contributed by atoms with Crippen molar-refractivity contribution in [3.05, 3.63) is 63.3 Å². The molecule has 1 aliphatic rings. The second kappa shape index (κ2) is 6.49. The summed E-state index contributed by atoms with van der Waals surface area (Å²) in [5, 5.41) is 10.6. The predicted molar refractivity (Wildman–Crippen MR) is 107 cm³/mol. The van der Waals surface area contributed by atoms with E-state index in [0.717, 1.165) is 24.2 Å². The average Bonchev–Trinajstić information content (AvgIpc) is 3.25. The Morgan fingerprint density at radius 2 is 2.07 bits per heavy atom. The molecule has 0 aliphatic heterocycles. The molecule has 0 radical (unpaired) electrons. The van der Waals surface area contributed by atoms with E-state index in [0.29, 0.717) is 28.6 Å². The third-order valence-electron chi connectivity index (χ3n) is 5.59. The van der Waals surface area contributed by atoms with E-state index < -0.39 is 0 Å². The van der Waals surface area contributed by atoms with Gasteiger partial charge in [0.15, 0.2) is 5.82 Å². The summed E-state index contributed by atoms with van der Waals surface area (Å²) in [4.78, 5) is 14.8. The number of aryl methyl sites for hydroxylation is 1. The molecule has 0 N–H and O–H groups in total. The van der Waals surface area contributed by atoms with Gasteiger partial charge in [-0.15, -0.1) is 21.5 Å². The lowest BCUT2D eigenvalue weighted by atomic mass is 10.1. The van der Waals surface area contributed by atoms with Gasteiger partial charge >= 0.3 is 0 Å². The van der Waals surface area contributed by atoms with Crippen molar-refractivity contribution in [3.63, 3.8) is 0 Å². The quantitative estimate of drug-likeness (QED) is 0.517. The predicted octanol–water partition coefficient (Wildman–Crippen LogP) is 3.51. The first-order chi connectivity index (χ1) is 13.6. The highest BCUT2D eigenvalue weighted by Gasteiger charge is 2.34.